The Morgan fingerprint density at radius 2 is 1.90 bits per heavy atom. The molecular weight excluding hydrogens is 266 g/mol. The van der Waals surface area contributed by atoms with E-state index in [1.807, 2.05) is 26.0 Å². The second-order valence-corrected chi connectivity index (χ2v) is 4.59. The number of nitrogens with one attached hydrogen (secondary N) is 2. The Labute approximate surface area is 123 Å². The molecule has 0 saturated carbocycles. The highest BCUT2D eigenvalue weighted by atomic mass is 16.5. The van der Waals surface area contributed by atoms with E-state index in [0.717, 1.165) is 5.69 Å². The topological polar surface area (TPSA) is 83.2 Å². The zero-order chi connectivity index (χ0) is 15.1. The molecule has 1 aromatic carbocycles. The second-order valence-electron chi connectivity index (χ2n) is 4.59. The van der Waals surface area contributed by atoms with Crippen LogP contribution in [-0.4, -0.2) is 16.6 Å². The number of rotatable bonds is 6. The third kappa shape index (κ3) is 4.68. The lowest BCUT2D eigenvalue weighted by atomic mass is 10.1. The summed E-state index contributed by atoms with van der Waals surface area (Å²) < 4.78 is 5.35. The summed E-state index contributed by atoms with van der Waals surface area (Å²) in [6.45, 7) is 4.20. The van der Waals surface area contributed by atoms with Crippen LogP contribution in [0.2, 0.25) is 0 Å². The molecule has 0 aliphatic heterocycles. The second kappa shape index (κ2) is 7.14. The van der Waals surface area contributed by atoms with E-state index in [0.29, 0.717) is 5.70 Å². The minimum Gasteiger partial charge on any atom is -0.457 e. The molecule has 0 unspecified atom stereocenters. The van der Waals surface area contributed by atoms with Crippen LogP contribution in [0.15, 0.2) is 53.7 Å². The van der Waals surface area contributed by atoms with Crippen LogP contribution in [0.5, 0.6) is 6.01 Å². The van der Waals surface area contributed by atoms with Crippen molar-refractivity contribution in [1.82, 2.24) is 9.97 Å². The average Bonchev–Trinajstić information content (AvgIpc) is 2.47. The molecule has 2 aromatic rings. The van der Waals surface area contributed by atoms with Gasteiger partial charge in [-0.25, -0.2) is 15.5 Å². The van der Waals surface area contributed by atoms with Gasteiger partial charge in [0.1, 0.15) is 12.3 Å². The molecule has 1 aromatic heterocycles. The number of benzene rings is 1. The zero-order valence-electron chi connectivity index (χ0n) is 12.0. The Balaban J connectivity index is 1.98. The highest BCUT2D eigenvalue weighted by Gasteiger charge is 2.00. The van der Waals surface area contributed by atoms with Gasteiger partial charge in [-0.1, -0.05) is 6.07 Å². The fourth-order valence-corrected chi connectivity index (χ4v) is 1.83. The lowest BCUT2D eigenvalue weighted by molar-refractivity contribution is 0.320. The molecule has 0 radical (unpaired) electrons. The van der Waals surface area contributed by atoms with Gasteiger partial charge in [-0.3, -0.25) is 0 Å². The summed E-state index contributed by atoms with van der Waals surface area (Å²) in [6, 6.07) is 8.11. The van der Waals surface area contributed by atoms with Crippen LogP contribution in [0.25, 0.3) is 0 Å². The third-order valence-corrected chi connectivity index (χ3v) is 2.66. The van der Waals surface area contributed by atoms with Crippen molar-refractivity contribution in [1.29, 1.82) is 5.53 Å². The van der Waals surface area contributed by atoms with Crippen LogP contribution in [0, 0.1) is 19.4 Å². The Kier molecular flexibility index (Phi) is 4.98. The number of aryl methyl sites for hydroxylation is 2. The van der Waals surface area contributed by atoms with Crippen molar-refractivity contribution >= 4 is 5.69 Å². The molecule has 2 N–H and O–H groups in total. The van der Waals surface area contributed by atoms with E-state index in [-0.39, 0.29) is 12.6 Å². The molecule has 6 heteroatoms. The number of anilines is 1. The molecule has 21 heavy (non-hydrogen) atoms. The van der Waals surface area contributed by atoms with Gasteiger partial charge < -0.3 is 10.1 Å². The van der Waals surface area contributed by atoms with Gasteiger partial charge in [-0.05, 0) is 43.2 Å². The van der Waals surface area contributed by atoms with Gasteiger partial charge in [0, 0.05) is 24.3 Å². The van der Waals surface area contributed by atoms with E-state index < -0.39 is 0 Å². The summed E-state index contributed by atoms with van der Waals surface area (Å²) in [5, 5.41) is 6.55. The highest BCUT2D eigenvalue weighted by Crippen LogP contribution is 2.14. The van der Waals surface area contributed by atoms with Gasteiger partial charge in [0.15, 0.2) is 0 Å². The third-order valence-electron chi connectivity index (χ3n) is 2.66. The van der Waals surface area contributed by atoms with Crippen molar-refractivity contribution in [2.75, 3.05) is 11.9 Å². The largest absolute Gasteiger partial charge is 0.457 e. The average molecular weight is 283 g/mol. The first-order valence-electron chi connectivity index (χ1n) is 6.48. The normalized spacial score (nSPS) is 11.0. The summed E-state index contributed by atoms with van der Waals surface area (Å²) in [5.41, 5.74) is 10.9. The number of aromatic nitrogens is 2. The molecule has 0 atom stereocenters. The summed E-state index contributed by atoms with van der Waals surface area (Å²) in [5.74, 6) is 0. The maximum atomic E-state index is 7.17. The van der Waals surface area contributed by atoms with Gasteiger partial charge in [0.2, 0.25) is 0 Å². The van der Waals surface area contributed by atoms with Gasteiger partial charge in [-0.2, -0.15) is 5.11 Å². The van der Waals surface area contributed by atoms with Gasteiger partial charge in [0.05, 0.1) is 0 Å². The molecular formula is C15H17N5O. The molecule has 0 aliphatic carbocycles. The van der Waals surface area contributed by atoms with Crippen molar-refractivity contribution in [3.8, 4) is 6.01 Å². The molecule has 0 amide bonds. The Hall–Kier alpha value is -2.76. The SMILES string of the molecule is Cc1cc(C)cc(N/C=C(/COc2ncccn2)N=N)c1. The molecule has 0 bridgehead atoms. The molecule has 1 heterocycles. The molecule has 0 aliphatic rings. The Bertz CT molecular complexity index is 620. The molecule has 0 fully saturated rings. The number of hydrogen-bond acceptors (Lipinski definition) is 6. The highest BCUT2D eigenvalue weighted by molar-refractivity contribution is 5.50. The van der Waals surface area contributed by atoms with Gasteiger partial charge in [0.25, 0.3) is 0 Å². The molecule has 0 saturated heterocycles. The van der Waals surface area contributed by atoms with Crippen LogP contribution < -0.4 is 10.1 Å². The van der Waals surface area contributed by atoms with E-state index in [9.17, 15) is 0 Å². The summed E-state index contributed by atoms with van der Waals surface area (Å²) >= 11 is 0. The Morgan fingerprint density at radius 1 is 1.24 bits per heavy atom. The zero-order valence-corrected chi connectivity index (χ0v) is 12.0. The monoisotopic (exact) mass is 283 g/mol. The minimum absolute atomic E-state index is 0.130. The van der Waals surface area contributed by atoms with Crippen LogP contribution in [0.4, 0.5) is 5.69 Å². The van der Waals surface area contributed by atoms with Crippen LogP contribution in [0.1, 0.15) is 11.1 Å². The first-order valence-corrected chi connectivity index (χ1v) is 6.48. The van der Waals surface area contributed by atoms with Crippen molar-refractivity contribution in [3.05, 3.63) is 59.7 Å². The quantitative estimate of drug-likeness (QED) is 0.795. The van der Waals surface area contributed by atoms with Crippen LogP contribution in [0.3, 0.4) is 0 Å². The van der Waals surface area contributed by atoms with Gasteiger partial charge in [-0.15, -0.1) is 0 Å². The number of nitrogens with zero attached hydrogens (tertiary/aromatic N) is 3. The van der Waals surface area contributed by atoms with Crippen molar-refractivity contribution < 1.29 is 4.74 Å². The number of ether oxygens (including phenoxy) is 1. The number of hydrogen-bond donors (Lipinski definition) is 2. The fourth-order valence-electron chi connectivity index (χ4n) is 1.83. The first-order chi connectivity index (χ1) is 10.2. The first kappa shape index (κ1) is 14.6. The molecule has 2 rings (SSSR count). The van der Waals surface area contributed by atoms with Crippen molar-refractivity contribution in [2.45, 2.75) is 13.8 Å². The molecule has 108 valence electrons. The predicted molar refractivity (Wildman–Crippen MR) is 80.3 cm³/mol. The summed E-state index contributed by atoms with van der Waals surface area (Å²) in [6.07, 6.45) is 4.83. The van der Waals surface area contributed by atoms with Crippen LogP contribution in [-0.2, 0) is 0 Å². The summed E-state index contributed by atoms with van der Waals surface area (Å²) in [4.78, 5) is 7.89. The summed E-state index contributed by atoms with van der Waals surface area (Å²) in [7, 11) is 0. The maximum absolute atomic E-state index is 7.17. The van der Waals surface area contributed by atoms with Crippen molar-refractivity contribution in [2.24, 2.45) is 5.11 Å². The lowest BCUT2D eigenvalue weighted by Crippen LogP contribution is -2.04. The molecule has 0 spiro atoms. The fraction of sp³-hybridized carbons (Fsp3) is 0.200. The minimum atomic E-state index is 0.130. The van der Waals surface area contributed by atoms with E-state index >= 15 is 0 Å². The maximum Gasteiger partial charge on any atom is 0.316 e. The lowest BCUT2D eigenvalue weighted by Gasteiger charge is -2.06. The van der Waals surface area contributed by atoms with E-state index in [1.165, 1.54) is 11.1 Å². The van der Waals surface area contributed by atoms with Crippen molar-refractivity contribution in [3.63, 3.8) is 0 Å². The van der Waals surface area contributed by atoms with Crippen LogP contribution >= 0.6 is 0 Å². The standard InChI is InChI=1S/C15H17N5O/c1-11-6-12(2)8-13(7-11)19-9-14(20-16)10-21-15-17-4-3-5-18-15/h3-9,16,19H,10H2,1-2H3/b14-9-,20-16?. The molecule has 6 nitrogen and oxygen atoms in total. The van der Waals surface area contributed by atoms with E-state index in [4.69, 9.17) is 10.3 Å². The predicted octanol–water partition coefficient (Wildman–Crippen LogP) is 3.46. The Morgan fingerprint density at radius 3 is 2.52 bits per heavy atom. The van der Waals surface area contributed by atoms with E-state index in [2.05, 4.69) is 26.5 Å². The van der Waals surface area contributed by atoms with Gasteiger partial charge >= 0.3 is 6.01 Å². The smallest absolute Gasteiger partial charge is 0.316 e. The van der Waals surface area contributed by atoms with E-state index in [1.54, 1.807) is 24.7 Å².